The molecule has 0 aromatic heterocycles. The number of benzene rings is 1. The highest BCUT2D eigenvalue weighted by molar-refractivity contribution is 5.99. The molecule has 15 heavy (non-hydrogen) atoms. The van der Waals surface area contributed by atoms with Crippen LogP contribution in [0, 0.1) is 6.92 Å². The Morgan fingerprint density at radius 1 is 1.33 bits per heavy atom. The average molecular weight is 207 g/mol. The van der Waals surface area contributed by atoms with Gasteiger partial charge in [-0.3, -0.25) is 10.2 Å². The zero-order valence-corrected chi connectivity index (χ0v) is 9.59. The molecule has 0 aliphatic heterocycles. The van der Waals surface area contributed by atoms with Crippen molar-refractivity contribution in [1.82, 2.24) is 10.4 Å². The second kappa shape index (κ2) is 4.79. The number of rotatable bonds is 3. The van der Waals surface area contributed by atoms with Crippen LogP contribution in [0.3, 0.4) is 0 Å². The lowest BCUT2D eigenvalue weighted by molar-refractivity contribution is 0.0858. The third-order valence-corrected chi connectivity index (χ3v) is 2.01. The van der Waals surface area contributed by atoms with E-state index in [9.17, 15) is 4.79 Å². The highest BCUT2D eigenvalue weighted by Crippen LogP contribution is 2.16. The summed E-state index contributed by atoms with van der Waals surface area (Å²) in [6.07, 6.45) is 0. The third kappa shape index (κ3) is 2.95. The highest BCUT2D eigenvalue weighted by atomic mass is 16.2. The summed E-state index contributed by atoms with van der Waals surface area (Å²) in [4.78, 5) is 11.8. The lowest BCUT2D eigenvalue weighted by Gasteiger charge is -2.14. The summed E-state index contributed by atoms with van der Waals surface area (Å²) in [7, 11) is 5.37. The number of aryl methyl sites for hydroxylation is 1. The fourth-order valence-corrected chi connectivity index (χ4v) is 1.33. The number of anilines is 1. The first kappa shape index (κ1) is 11.5. The summed E-state index contributed by atoms with van der Waals surface area (Å²) < 4.78 is 0. The molecule has 0 radical (unpaired) electrons. The fourth-order valence-electron chi connectivity index (χ4n) is 1.33. The number of nitrogens with zero attached hydrogens (tertiary/aromatic N) is 1. The van der Waals surface area contributed by atoms with Crippen LogP contribution in [-0.4, -0.2) is 32.1 Å². The largest absolute Gasteiger partial charge is 0.387 e. The van der Waals surface area contributed by atoms with Gasteiger partial charge in [-0.2, -0.15) is 0 Å². The smallest absolute Gasteiger partial charge is 0.267 e. The molecule has 0 heterocycles. The van der Waals surface area contributed by atoms with E-state index in [1.165, 1.54) is 0 Å². The van der Waals surface area contributed by atoms with E-state index in [-0.39, 0.29) is 5.91 Å². The summed E-state index contributed by atoms with van der Waals surface area (Å²) in [6, 6.07) is 5.69. The van der Waals surface area contributed by atoms with Gasteiger partial charge in [-0.25, -0.2) is 5.01 Å². The molecule has 82 valence electrons. The van der Waals surface area contributed by atoms with Crippen molar-refractivity contribution in [2.24, 2.45) is 0 Å². The van der Waals surface area contributed by atoms with E-state index in [4.69, 9.17) is 0 Å². The van der Waals surface area contributed by atoms with Crippen LogP contribution < -0.4 is 10.7 Å². The summed E-state index contributed by atoms with van der Waals surface area (Å²) >= 11 is 0. The predicted molar refractivity (Wildman–Crippen MR) is 61.9 cm³/mol. The Hall–Kier alpha value is -1.55. The van der Waals surface area contributed by atoms with E-state index in [0.717, 1.165) is 11.3 Å². The Balaban J connectivity index is 2.97. The number of hydrogen-bond donors (Lipinski definition) is 2. The maximum absolute atomic E-state index is 11.8. The molecule has 1 rings (SSSR count). The van der Waals surface area contributed by atoms with Gasteiger partial charge in [0.25, 0.3) is 5.91 Å². The molecule has 4 nitrogen and oxygen atoms in total. The molecule has 0 bridgehead atoms. The van der Waals surface area contributed by atoms with Crippen molar-refractivity contribution in [3.8, 4) is 0 Å². The Bertz CT molecular complexity index is 361. The Morgan fingerprint density at radius 3 is 2.53 bits per heavy atom. The highest BCUT2D eigenvalue weighted by Gasteiger charge is 2.10. The summed E-state index contributed by atoms with van der Waals surface area (Å²) in [6.45, 7) is 1.99. The predicted octanol–water partition coefficient (Wildman–Crippen LogP) is 1.24. The van der Waals surface area contributed by atoms with Crippen LogP contribution in [0.15, 0.2) is 18.2 Å². The van der Waals surface area contributed by atoms with Crippen molar-refractivity contribution in [2.75, 3.05) is 26.5 Å². The van der Waals surface area contributed by atoms with E-state index in [1.54, 1.807) is 26.2 Å². The van der Waals surface area contributed by atoms with Gasteiger partial charge in [0.2, 0.25) is 0 Å². The molecular weight excluding hydrogens is 190 g/mol. The first-order valence-electron chi connectivity index (χ1n) is 4.81. The third-order valence-electron chi connectivity index (χ3n) is 2.01. The second-order valence-electron chi connectivity index (χ2n) is 3.63. The Labute approximate surface area is 90.2 Å². The molecule has 0 saturated heterocycles. The zero-order valence-electron chi connectivity index (χ0n) is 9.59. The SMILES string of the molecule is CNc1cc(C)ccc1C(=O)NN(C)C. The molecule has 2 N–H and O–H groups in total. The fraction of sp³-hybridized carbons (Fsp3) is 0.364. The molecule has 0 fully saturated rings. The monoisotopic (exact) mass is 207 g/mol. The molecule has 0 aliphatic rings. The molecule has 1 aromatic carbocycles. The minimum Gasteiger partial charge on any atom is -0.387 e. The molecule has 0 saturated carbocycles. The second-order valence-corrected chi connectivity index (χ2v) is 3.63. The summed E-state index contributed by atoms with van der Waals surface area (Å²) in [5.41, 5.74) is 5.33. The first-order valence-corrected chi connectivity index (χ1v) is 4.81. The molecule has 0 spiro atoms. The molecule has 1 aromatic rings. The van der Waals surface area contributed by atoms with Gasteiger partial charge in [0.1, 0.15) is 0 Å². The Morgan fingerprint density at radius 2 is 2.00 bits per heavy atom. The minimum absolute atomic E-state index is 0.107. The Kier molecular flexibility index (Phi) is 3.68. The number of amides is 1. The van der Waals surface area contributed by atoms with Gasteiger partial charge in [-0.1, -0.05) is 6.07 Å². The molecular formula is C11H17N3O. The first-order chi connectivity index (χ1) is 7.04. The van der Waals surface area contributed by atoms with Crippen molar-refractivity contribution in [1.29, 1.82) is 0 Å². The molecule has 0 atom stereocenters. The van der Waals surface area contributed by atoms with Gasteiger partial charge in [0.15, 0.2) is 0 Å². The van der Waals surface area contributed by atoms with Gasteiger partial charge >= 0.3 is 0 Å². The van der Waals surface area contributed by atoms with Crippen molar-refractivity contribution in [3.05, 3.63) is 29.3 Å². The average Bonchev–Trinajstić information content (AvgIpc) is 2.16. The van der Waals surface area contributed by atoms with Crippen molar-refractivity contribution < 1.29 is 4.79 Å². The molecule has 0 unspecified atom stereocenters. The van der Waals surface area contributed by atoms with Crippen LogP contribution in [0.25, 0.3) is 0 Å². The van der Waals surface area contributed by atoms with Crippen molar-refractivity contribution in [3.63, 3.8) is 0 Å². The van der Waals surface area contributed by atoms with E-state index in [2.05, 4.69) is 10.7 Å². The van der Waals surface area contributed by atoms with Gasteiger partial charge in [-0.05, 0) is 24.6 Å². The van der Waals surface area contributed by atoms with E-state index in [0.29, 0.717) is 5.56 Å². The van der Waals surface area contributed by atoms with Crippen LogP contribution in [0.5, 0.6) is 0 Å². The van der Waals surface area contributed by atoms with Crippen molar-refractivity contribution >= 4 is 11.6 Å². The summed E-state index contributed by atoms with van der Waals surface area (Å²) in [5, 5.41) is 4.64. The van der Waals surface area contributed by atoms with Gasteiger partial charge in [-0.15, -0.1) is 0 Å². The van der Waals surface area contributed by atoms with Crippen LogP contribution >= 0.6 is 0 Å². The molecule has 4 heteroatoms. The number of nitrogens with one attached hydrogen (secondary N) is 2. The van der Waals surface area contributed by atoms with Crippen LogP contribution in [0.2, 0.25) is 0 Å². The van der Waals surface area contributed by atoms with E-state index < -0.39 is 0 Å². The lowest BCUT2D eigenvalue weighted by Crippen LogP contribution is -2.36. The van der Waals surface area contributed by atoms with Crippen LogP contribution in [0.1, 0.15) is 15.9 Å². The number of carbonyl (C=O) groups excluding carboxylic acids is 1. The van der Waals surface area contributed by atoms with Gasteiger partial charge in [0, 0.05) is 26.8 Å². The lowest BCUT2D eigenvalue weighted by atomic mass is 10.1. The topological polar surface area (TPSA) is 44.4 Å². The minimum atomic E-state index is -0.107. The maximum Gasteiger partial charge on any atom is 0.267 e. The van der Waals surface area contributed by atoms with E-state index >= 15 is 0 Å². The molecule has 0 aliphatic carbocycles. The van der Waals surface area contributed by atoms with Crippen LogP contribution in [-0.2, 0) is 0 Å². The van der Waals surface area contributed by atoms with Crippen LogP contribution in [0.4, 0.5) is 5.69 Å². The number of hydrogen-bond acceptors (Lipinski definition) is 3. The number of carbonyl (C=O) groups is 1. The van der Waals surface area contributed by atoms with E-state index in [1.807, 2.05) is 25.1 Å². The summed E-state index contributed by atoms with van der Waals surface area (Å²) in [5.74, 6) is -0.107. The zero-order chi connectivity index (χ0) is 11.4. The number of hydrazine groups is 1. The van der Waals surface area contributed by atoms with Gasteiger partial charge < -0.3 is 5.32 Å². The normalized spacial score (nSPS) is 10.2. The maximum atomic E-state index is 11.8. The standard InChI is InChI=1S/C11H17N3O/c1-8-5-6-9(10(7-8)12-2)11(15)13-14(3)4/h5-7,12H,1-4H3,(H,13,15). The quantitative estimate of drug-likeness (QED) is 0.733. The van der Waals surface area contributed by atoms with Crippen molar-refractivity contribution in [2.45, 2.75) is 6.92 Å². The molecule has 1 amide bonds. The van der Waals surface area contributed by atoms with Gasteiger partial charge in [0.05, 0.1) is 5.56 Å².